The number of benzene rings is 1. The second kappa shape index (κ2) is 14.3. The third kappa shape index (κ3) is 9.42. The van der Waals surface area contributed by atoms with Gasteiger partial charge in [-0.1, -0.05) is 81.3 Å². The van der Waals surface area contributed by atoms with E-state index in [0.717, 1.165) is 12.0 Å². The number of carbonyl (C=O) groups excluding carboxylic acids is 2. The highest BCUT2D eigenvalue weighted by Crippen LogP contribution is 2.22. The van der Waals surface area contributed by atoms with Gasteiger partial charge in [0, 0.05) is 12.0 Å². The van der Waals surface area contributed by atoms with E-state index in [9.17, 15) is 14.7 Å². The minimum absolute atomic E-state index is 0.0249. The molecule has 1 aromatic carbocycles. The molecule has 0 unspecified atom stereocenters. The van der Waals surface area contributed by atoms with Gasteiger partial charge in [-0.2, -0.15) is 4.98 Å². The molecule has 0 bridgehead atoms. The zero-order valence-electron chi connectivity index (χ0n) is 23.4. The number of amides is 2. The number of aryl methyl sites for hydroxylation is 1. The van der Waals surface area contributed by atoms with E-state index in [0.29, 0.717) is 5.82 Å². The van der Waals surface area contributed by atoms with E-state index < -0.39 is 29.7 Å². The van der Waals surface area contributed by atoms with Crippen molar-refractivity contribution < 1.29 is 24.0 Å². The maximum atomic E-state index is 12.8. The molecule has 1 saturated heterocycles. The quantitative estimate of drug-likeness (QED) is 0.334. The van der Waals surface area contributed by atoms with Crippen molar-refractivity contribution >= 4 is 12.0 Å². The number of ether oxygens (including phenoxy) is 1. The predicted molar refractivity (Wildman–Crippen MR) is 145 cm³/mol. The third-order valence-electron chi connectivity index (χ3n) is 6.62. The summed E-state index contributed by atoms with van der Waals surface area (Å²) < 4.78 is 10.7. The van der Waals surface area contributed by atoms with Gasteiger partial charge >= 0.3 is 6.09 Å². The lowest BCUT2D eigenvalue weighted by Gasteiger charge is -2.27. The van der Waals surface area contributed by atoms with E-state index in [-0.39, 0.29) is 25.4 Å². The Morgan fingerprint density at radius 1 is 1.08 bits per heavy atom. The van der Waals surface area contributed by atoms with Crippen LogP contribution < -0.4 is 5.32 Å². The Morgan fingerprint density at radius 2 is 1.74 bits per heavy atom. The third-order valence-corrected chi connectivity index (χ3v) is 6.62. The van der Waals surface area contributed by atoms with Gasteiger partial charge in [0.15, 0.2) is 0 Å². The van der Waals surface area contributed by atoms with Crippen LogP contribution in [0.4, 0.5) is 4.79 Å². The highest BCUT2D eigenvalue weighted by molar-refractivity contribution is 5.86. The first-order valence-corrected chi connectivity index (χ1v) is 14.0. The number of aliphatic hydroxyl groups excluding tert-OH is 1. The average Bonchev–Trinajstić information content (AvgIpc) is 3.50. The Kier molecular flexibility index (Phi) is 11.1. The molecule has 9 nitrogen and oxygen atoms in total. The van der Waals surface area contributed by atoms with Crippen LogP contribution in [0.25, 0.3) is 11.4 Å². The van der Waals surface area contributed by atoms with Crippen molar-refractivity contribution in [2.75, 3.05) is 6.54 Å². The summed E-state index contributed by atoms with van der Waals surface area (Å²) in [5, 5.41) is 16.8. The fourth-order valence-corrected chi connectivity index (χ4v) is 4.59. The molecule has 2 amide bonds. The first-order valence-electron chi connectivity index (χ1n) is 14.0. The second-order valence-electron chi connectivity index (χ2n) is 11.2. The van der Waals surface area contributed by atoms with Crippen LogP contribution in [0.5, 0.6) is 0 Å². The smallest absolute Gasteiger partial charge is 0.411 e. The summed E-state index contributed by atoms with van der Waals surface area (Å²) in [4.78, 5) is 30.9. The Balaban J connectivity index is 1.44. The van der Waals surface area contributed by atoms with Crippen molar-refractivity contribution in [3.05, 3.63) is 35.7 Å². The Morgan fingerprint density at radius 3 is 2.39 bits per heavy atom. The highest BCUT2D eigenvalue weighted by atomic mass is 16.6. The number of nitrogens with one attached hydrogen (secondary N) is 1. The second-order valence-corrected chi connectivity index (χ2v) is 11.2. The van der Waals surface area contributed by atoms with Gasteiger partial charge in [0.1, 0.15) is 11.6 Å². The van der Waals surface area contributed by atoms with Gasteiger partial charge in [-0.25, -0.2) is 4.79 Å². The molecule has 2 heterocycles. The number of likely N-dealkylation sites (tertiary alicyclic amines) is 1. The number of aromatic nitrogens is 2. The lowest BCUT2D eigenvalue weighted by molar-refractivity contribution is -0.125. The first kappa shape index (κ1) is 29.6. The van der Waals surface area contributed by atoms with Crippen LogP contribution in [0.1, 0.15) is 96.9 Å². The minimum Gasteiger partial charge on any atom is -0.444 e. The molecule has 2 atom stereocenters. The van der Waals surface area contributed by atoms with Crippen molar-refractivity contribution in [3.8, 4) is 11.4 Å². The van der Waals surface area contributed by atoms with Gasteiger partial charge in [-0.05, 0) is 39.2 Å². The SMILES string of the molecule is CCCCCCCCCCc1ccc(-c2noc(CNC(=O)[C@@H]3C[C@@H](O)CN3C(=O)OC(C)(C)C)n2)cc1. The fraction of sp³-hybridized carbons (Fsp3) is 0.655. The molecule has 210 valence electrons. The number of aliphatic hydroxyl groups is 1. The number of hydrogen-bond acceptors (Lipinski definition) is 7. The molecular formula is C29H44N4O5. The van der Waals surface area contributed by atoms with Gasteiger partial charge in [0.25, 0.3) is 0 Å². The molecule has 1 fully saturated rings. The molecule has 1 aliphatic rings. The fourth-order valence-electron chi connectivity index (χ4n) is 4.59. The standard InChI is InChI=1S/C29H44N4O5/c1-5-6-7-8-9-10-11-12-13-21-14-16-22(17-15-21)26-31-25(38-32-26)19-30-27(35)24-18-23(34)20-33(24)28(36)37-29(2,3)4/h14-17,23-24,34H,5-13,18-20H2,1-4H3,(H,30,35)/t23-,24+/m1/s1. The number of rotatable bonds is 13. The van der Waals surface area contributed by atoms with Crippen molar-refractivity contribution in [2.24, 2.45) is 0 Å². The minimum atomic E-state index is -0.823. The van der Waals surface area contributed by atoms with Crippen molar-refractivity contribution in [1.29, 1.82) is 0 Å². The van der Waals surface area contributed by atoms with E-state index in [4.69, 9.17) is 9.26 Å². The van der Waals surface area contributed by atoms with Gasteiger partial charge in [-0.15, -0.1) is 0 Å². The van der Waals surface area contributed by atoms with Crippen LogP contribution in [0.2, 0.25) is 0 Å². The van der Waals surface area contributed by atoms with Gasteiger partial charge in [0.2, 0.25) is 17.6 Å². The molecule has 9 heteroatoms. The van der Waals surface area contributed by atoms with Crippen molar-refractivity contribution in [2.45, 2.75) is 116 Å². The summed E-state index contributed by atoms with van der Waals surface area (Å²) in [6.07, 6.45) is 10.3. The Hall–Kier alpha value is -2.94. The summed E-state index contributed by atoms with van der Waals surface area (Å²) >= 11 is 0. The lowest BCUT2D eigenvalue weighted by atomic mass is 10.0. The van der Waals surface area contributed by atoms with Crippen LogP contribution in [-0.4, -0.2) is 56.4 Å². The van der Waals surface area contributed by atoms with Gasteiger partial charge < -0.3 is 19.7 Å². The zero-order chi connectivity index (χ0) is 27.5. The number of β-amino-alcohol motifs (C(OH)–C–C–N with tert-alkyl or cyclic N) is 1. The number of nitrogens with zero attached hydrogens (tertiary/aromatic N) is 3. The lowest BCUT2D eigenvalue weighted by Crippen LogP contribution is -2.47. The Bertz CT molecular complexity index is 1010. The molecule has 1 aliphatic heterocycles. The molecule has 0 radical (unpaired) electrons. The maximum Gasteiger partial charge on any atom is 0.411 e. The summed E-state index contributed by atoms with van der Waals surface area (Å²) in [5.41, 5.74) is 1.45. The summed E-state index contributed by atoms with van der Waals surface area (Å²) in [7, 11) is 0. The monoisotopic (exact) mass is 528 g/mol. The average molecular weight is 529 g/mol. The zero-order valence-corrected chi connectivity index (χ0v) is 23.4. The van der Waals surface area contributed by atoms with E-state index in [1.807, 2.05) is 12.1 Å². The number of hydrogen-bond donors (Lipinski definition) is 2. The van der Waals surface area contributed by atoms with Crippen molar-refractivity contribution in [3.63, 3.8) is 0 Å². The maximum absolute atomic E-state index is 12.8. The van der Waals surface area contributed by atoms with Gasteiger partial charge in [0.05, 0.1) is 19.2 Å². The molecular weight excluding hydrogens is 484 g/mol. The summed E-state index contributed by atoms with van der Waals surface area (Å²) in [5.74, 6) is 0.316. The van der Waals surface area contributed by atoms with Crippen molar-refractivity contribution in [1.82, 2.24) is 20.4 Å². The molecule has 0 aliphatic carbocycles. The van der Waals surface area contributed by atoms with E-state index in [1.54, 1.807) is 20.8 Å². The van der Waals surface area contributed by atoms with Crippen LogP contribution in [0.15, 0.2) is 28.8 Å². The van der Waals surface area contributed by atoms with E-state index in [2.05, 4.69) is 34.5 Å². The molecule has 1 aromatic heterocycles. The highest BCUT2D eigenvalue weighted by Gasteiger charge is 2.40. The topological polar surface area (TPSA) is 118 Å². The Labute approximate surface area is 226 Å². The van der Waals surface area contributed by atoms with Crippen LogP contribution in [0.3, 0.4) is 0 Å². The molecule has 2 N–H and O–H groups in total. The molecule has 0 saturated carbocycles. The van der Waals surface area contributed by atoms with Gasteiger partial charge in [-0.3, -0.25) is 9.69 Å². The molecule has 38 heavy (non-hydrogen) atoms. The molecule has 0 spiro atoms. The summed E-state index contributed by atoms with van der Waals surface area (Å²) in [6, 6.07) is 7.37. The summed E-state index contributed by atoms with van der Waals surface area (Å²) in [6.45, 7) is 7.58. The van der Waals surface area contributed by atoms with Crippen LogP contribution in [-0.2, 0) is 22.5 Å². The van der Waals surface area contributed by atoms with Crippen LogP contribution in [0, 0.1) is 0 Å². The molecule has 3 rings (SSSR count). The van der Waals surface area contributed by atoms with E-state index in [1.165, 1.54) is 61.8 Å². The van der Waals surface area contributed by atoms with E-state index >= 15 is 0 Å². The number of unbranched alkanes of at least 4 members (excludes halogenated alkanes) is 7. The first-order chi connectivity index (χ1) is 18.2. The van der Waals surface area contributed by atoms with Crippen LogP contribution >= 0.6 is 0 Å². The molecule has 2 aromatic rings. The largest absolute Gasteiger partial charge is 0.444 e. The normalized spacial score (nSPS) is 17.6. The predicted octanol–water partition coefficient (Wildman–Crippen LogP) is 5.41. The number of carbonyl (C=O) groups is 2.